The molecule has 0 aliphatic rings. The molecule has 0 aliphatic carbocycles. The van der Waals surface area contributed by atoms with Gasteiger partial charge in [-0.3, -0.25) is 0 Å². The van der Waals surface area contributed by atoms with Gasteiger partial charge >= 0.3 is 0 Å². The maximum atomic E-state index is 5.59. The zero-order valence-corrected chi connectivity index (χ0v) is 10.3. The van der Waals surface area contributed by atoms with E-state index in [1.54, 1.807) is 0 Å². The molecule has 1 aromatic rings. The van der Waals surface area contributed by atoms with Crippen LogP contribution in [0.3, 0.4) is 0 Å². The van der Waals surface area contributed by atoms with Crippen molar-refractivity contribution in [2.24, 2.45) is 0 Å². The predicted octanol–water partition coefficient (Wildman–Crippen LogP) is 2.78. The van der Waals surface area contributed by atoms with E-state index in [9.17, 15) is 0 Å². The van der Waals surface area contributed by atoms with E-state index in [1.807, 2.05) is 24.3 Å². The molecule has 0 fully saturated rings. The van der Waals surface area contributed by atoms with Crippen LogP contribution in [0.15, 0.2) is 28.7 Å². The third-order valence-corrected chi connectivity index (χ3v) is 2.57. The SMILES string of the molecule is CCN(C)CCOc1cccc(Br)c1. The normalized spacial score (nSPS) is 10.6. The molecule has 0 heterocycles. The molecule has 0 saturated carbocycles. The summed E-state index contributed by atoms with van der Waals surface area (Å²) in [5, 5.41) is 0. The third-order valence-electron chi connectivity index (χ3n) is 2.08. The highest BCUT2D eigenvalue weighted by molar-refractivity contribution is 9.10. The average Bonchev–Trinajstić information content (AvgIpc) is 2.17. The minimum Gasteiger partial charge on any atom is -0.492 e. The number of likely N-dealkylation sites (N-methyl/N-ethyl adjacent to an activating group) is 1. The van der Waals surface area contributed by atoms with Crippen LogP contribution in [-0.4, -0.2) is 31.6 Å². The van der Waals surface area contributed by atoms with Crippen LogP contribution in [-0.2, 0) is 0 Å². The highest BCUT2D eigenvalue weighted by atomic mass is 79.9. The van der Waals surface area contributed by atoms with Crippen molar-refractivity contribution in [3.8, 4) is 5.75 Å². The van der Waals surface area contributed by atoms with E-state index in [-0.39, 0.29) is 0 Å². The molecule has 0 aromatic heterocycles. The number of nitrogens with zero attached hydrogens (tertiary/aromatic N) is 1. The van der Waals surface area contributed by atoms with Crippen molar-refractivity contribution in [3.05, 3.63) is 28.7 Å². The minimum absolute atomic E-state index is 0.737. The van der Waals surface area contributed by atoms with Crippen LogP contribution in [0.4, 0.5) is 0 Å². The van der Waals surface area contributed by atoms with E-state index < -0.39 is 0 Å². The van der Waals surface area contributed by atoms with Crippen molar-refractivity contribution in [3.63, 3.8) is 0 Å². The van der Waals surface area contributed by atoms with Gasteiger partial charge in [-0.2, -0.15) is 0 Å². The van der Waals surface area contributed by atoms with E-state index in [1.165, 1.54) is 0 Å². The lowest BCUT2D eigenvalue weighted by atomic mass is 10.3. The van der Waals surface area contributed by atoms with Crippen molar-refractivity contribution in [1.82, 2.24) is 4.90 Å². The number of rotatable bonds is 5. The van der Waals surface area contributed by atoms with Gasteiger partial charge in [0, 0.05) is 11.0 Å². The predicted molar refractivity (Wildman–Crippen MR) is 62.8 cm³/mol. The lowest BCUT2D eigenvalue weighted by Gasteiger charge is -2.14. The van der Waals surface area contributed by atoms with Gasteiger partial charge in [0.25, 0.3) is 0 Å². The number of hydrogen-bond donors (Lipinski definition) is 0. The summed E-state index contributed by atoms with van der Waals surface area (Å²) in [7, 11) is 2.09. The Morgan fingerprint density at radius 1 is 1.43 bits per heavy atom. The maximum absolute atomic E-state index is 5.59. The second-order valence-corrected chi connectivity index (χ2v) is 4.12. The average molecular weight is 258 g/mol. The molecule has 78 valence electrons. The molecular formula is C11H16BrNO. The molecule has 0 saturated heterocycles. The molecule has 3 heteroatoms. The Labute approximate surface area is 94.0 Å². The molecule has 14 heavy (non-hydrogen) atoms. The van der Waals surface area contributed by atoms with Crippen LogP contribution in [0, 0.1) is 0 Å². The van der Waals surface area contributed by atoms with Gasteiger partial charge in [0.15, 0.2) is 0 Å². The number of halogens is 1. The van der Waals surface area contributed by atoms with Gasteiger partial charge in [-0.05, 0) is 31.8 Å². The van der Waals surface area contributed by atoms with Crippen LogP contribution in [0.2, 0.25) is 0 Å². The summed E-state index contributed by atoms with van der Waals surface area (Å²) in [5.41, 5.74) is 0. The fourth-order valence-corrected chi connectivity index (χ4v) is 1.41. The van der Waals surface area contributed by atoms with Crippen molar-refractivity contribution in [2.45, 2.75) is 6.92 Å². The van der Waals surface area contributed by atoms with E-state index >= 15 is 0 Å². The van der Waals surface area contributed by atoms with E-state index in [4.69, 9.17) is 4.74 Å². The Bertz CT molecular complexity index is 278. The second-order valence-electron chi connectivity index (χ2n) is 3.20. The van der Waals surface area contributed by atoms with Crippen LogP contribution in [0.1, 0.15) is 6.92 Å². The molecule has 0 atom stereocenters. The summed E-state index contributed by atoms with van der Waals surface area (Å²) < 4.78 is 6.64. The van der Waals surface area contributed by atoms with Crippen LogP contribution in [0.5, 0.6) is 5.75 Å². The Hall–Kier alpha value is -0.540. The van der Waals surface area contributed by atoms with Gasteiger partial charge in [0.1, 0.15) is 12.4 Å². The summed E-state index contributed by atoms with van der Waals surface area (Å²) in [4.78, 5) is 2.22. The first-order valence-electron chi connectivity index (χ1n) is 4.79. The molecule has 0 unspecified atom stereocenters. The van der Waals surface area contributed by atoms with Crippen molar-refractivity contribution < 1.29 is 4.74 Å². The van der Waals surface area contributed by atoms with Crippen LogP contribution >= 0.6 is 15.9 Å². The Balaban J connectivity index is 2.31. The van der Waals surface area contributed by atoms with Crippen LogP contribution in [0.25, 0.3) is 0 Å². The van der Waals surface area contributed by atoms with Gasteiger partial charge in [-0.15, -0.1) is 0 Å². The quantitative estimate of drug-likeness (QED) is 0.805. The zero-order chi connectivity index (χ0) is 10.4. The molecule has 1 aromatic carbocycles. The first kappa shape index (κ1) is 11.5. The highest BCUT2D eigenvalue weighted by Crippen LogP contribution is 2.17. The Morgan fingerprint density at radius 3 is 2.86 bits per heavy atom. The number of hydrogen-bond acceptors (Lipinski definition) is 2. The first-order chi connectivity index (χ1) is 6.72. The summed E-state index contributed by atoms with van der Waals surface area (Å²) >= 11 is 3.41. The van der Waals surface area contributed by atoms with Crippen molar-refractivity contribution >= 4 is 15.9 Å². The Kier molecular flexibility index (Phi) is 4.98. The molecule has 0 spiro atoms. The standard InChI is InChI=1S/C11H16BrNO/c1-3-13(2)7-8-14-11-6-4-5-10(12)9-11/h4-6,9H,3,7-8H2,1-2H3. The molecular weight excluding hydrogens is 242 g/mol. The lowest BCUT2D eigenvalue weighted by Crippen LogP contribution is -2.23. The summed E-state index contributed by atoms with van der Waals surface area (Å²) in [6.45, 7) is 4.89. The van der Waals surface area contributed by atoms with E-state index in [2.05, 4.69) is 34.8 Å². The highest BCUT2D eigenvalue weighted by Gasteiger charge is 1.96. The van der Waals surface area contributed by atoms with Crippen molar-refractivity contribution in [2.75, 3.05) is 26.7 Å². The van der Waals surface area contributed by atoms with Gasteiger partial charge < -0.3 is 9.64 Å². The number of benzene rings is 1. The summed E-state index contributed by atoms with van der Waals surface area (Å²) in [6, 6.07) is 7.91. The largest absolute Gasteiger partial charge is 0.492 e. The number of ether oxygens (including phenoxy) is 1. The minimum atomic E-state index is 0.737. The van der Waals surface area contributed by atoms with Gasteiger partial charge in [-0.1, -0.05) is 28.9 Å². The van der Waals surface area contributed by atoms with Gasteiger partial charge in [-0.25, -0.2) is 0 Å². The summed E-state index contributed by atoms with van der Waals surface area (Å²) in [6.07, 6.45) is 0. The lowest BCUT2D eigenvalue weighted by molar-refractivity contribution is 0.243. The fraction of sp³-hybridized carbons (Fsp3) is 0.455. The van der Waals surface area contributed by atoms with Crippen molar-refractivity contribution in [1.29, 1.82) is 0 Å². The Morgan fingerprint density at radius 2 is 2.21 bits per heavy atom. The topological polar surface area (TPSA) is 12.5 Å². The van der Waals surface area contributed by atoms with Gasteiger partial charge in [0.05, 0.1) is 0 Å². The summed E-state index contributed by atoms with van der Waals surface area (Å²) in [5.74, 6) is 0.920. The molecule has 0 amide bonds. The fourth-order valence-electron chi connectivity index (χ4n) is 1.03. The van der Waals surface area contributed by atoms with Gasteiger partial charge in [0.2, 0.25) is 0 Å². The molecule has 2 nitrogen and oxygen atoms in total. The second kappa shape index (κ2) is 6.04. The first-order valence-corrected chi connectivity index (χ1v) is 5.58. The molecule has 0 radical (unpaired) electrons. The maximum Gasteiger partial charge on any atom is 0.120 e. The molecule has 0 bridgehead atoms. The monoisotopic (exact) mass is 257 g/mol. The van der Waals surface area contributed by atoms with Crippen LogP contribution < -0.4 is 4.74 Å². The van der Waals surface area contributed by atoms with E-state index in [0.717, 1.165) is 29.9 Å². The smallest absolute Gasteiger partial charge is 0.120 e. The third kappa shape index (κ3) is 4.11. The van der Waals surface area contributed by atoms with E-state index in [0.29, 0.717) is 0 Å². The molecule has 1 rings (SSSR count). The zero-order valence-electron chi connectivity index (χ0n) is 8.66. The molecule has 0 aliphatic heterocycles. The molecule has 0 N–H and O–H groups in total.